The Hall–Kier alpha value is -3.71. The van der Waals surface area contributed by atoms with E-state index in [0.717, 1.165) is 34.9 Å². The Bertz CT molecular complexity index is 1180. The molecule has 164 valence electrons. The normalized spacial score (nSPS) is 15.4. The number of amides is 2. The van der Waals surface area contributed by atoms with Gasteiger partial charge in [0, 0.05) is 5.69 Å². The van der Waals surface area contributed by atoms with Gasteiger partial charge in [-0.15, -0.1) is 0 Å². The van der Waals surface area contributed by atoms with Gasteiger partial charge in [0.15, 0.2) is 0 Å². The Morgan fingerprint density at radius 1 is 0.938 bits per heavy atom. The first-order chi connectivity index (χ1) is 15.4. The van der Waals surface area contributed by atoms with Crippen LogP contribution in [0.5, 0.6) is 0 Å². The molecule has 0 aliphatic carbocycles. The number of aryl methyl sites for hydroxylation is 2. The highest BCUT2D eigenvalue weighted by Crippen LogP contribution is 2.26. The molecule has 1 atom stereocenters. The van der Waals surface area contributed by atoms with E-state index in [0.29, 0.717) is 12.1 Å². The second-order valence-corrected chi connectivity index (χ2v) is 7.95. The number of carbonyl (C=O) groups is 3. The first-order valence-corrected chi connectivity index (χ1v) is 10.6. The average Bonchev–Trinajstić information content (AvgIpc) is 3.31. The van der Waals surface area contributed by atoms with Gasteiger partial charge in [0.05, 0.1) is 11.3 Å². The molecular formula is C25H25N3O4. The van der Waals surface area contributed by atoms with Crippen molar-refractivity contribution in [1.29, 1.82) is 0 Å². The van der Waals surface area contributed by atoms with Gasteiger partial charge in [0.2, 0.25) is 0 Å². The van der Waals surface area contributed by atoms with Crippen LogP contribution in [0.4, 0.5) is 16.2 Å². The maximum Gasteiger partial charge on any atom is 0.347 e. The summed E-state index contributed by atoms with van der Waals surface area (Å²) in [5.74, 6) is -1.40. The fourth-order valence-electron chi connectivity index (χ4n) is 3.89. The summed E-state index contributed by atoms with van der Waals surface area (Å²) in [5.41, 5.74) is 2.94. The smallest absolute Gasteiger partial charge is 0.347 e. The molecule has 1 aliphatic rings. The van der Waals surface area contributed by atoms with Crippen molar-refractivity contribution in [3.63, 3.8) is 0 Å². The number of hydrogen-bond acceptors (Lipinski definition) is 5. The molecule has 32 heavy (non-hydrogen) atoms. The molecule has 0 radical (unpaired) electrons. The summed E-state index contributed by atoms with van der Waals surface area (Å²) in [6.45, 7) is 4.53. The van der Waals surface area contributed by atoms with Gasteiger partial charge in [-0.05, 0) is 67.3 Å². The maximum atomic E-state index is 12.9. The molecule has 0 unspecified atom stereocenters. The van der Waals surface area contributed by atoms with E-state index >= 15 is 0 Å². The molecule has 0 spiro atoms. The van der Waals surface area contributed by atoms with E-state index in [1.807, 2.05) is 56.3 Å². The van der Waals surface area contributed by atoms with Crippen LogP contribution >= 0.6 is 0 Å². The van der Waals surface area contributed by atoms with E-state index in [4.69, 9.17) is 4.74 Å². The van der Waals surface area contributed by atoms with Crippen LogP contribution < -0.4 is 16.0 Å². The summed E-state index contributed by atoms with van der Waals surface area (Å²) in [5, 5.41) is 10.3. The standard InChI is InChI=1S/C25H25N3O4/c1-15-7-5-8-16(2)22(15)28-25(31)27-21-14-18-10-4-3-9-17(18)13-19(21)23(29)32-24(30)20-11-6-12-26-20/h3-5,7-10,13-14,20,26H,6,11-12H2,1-2H3,(H2,27,28,31)/t20-/m0/s1. The van der Waals surface area contributed by atoms with E-state index in [1.54, 1.807) is 12.1 Å². The van der Waals surface area contributed by atoms with Crippen molar-refractivity contribution >= 4 is 40.1 Å². The lowest BCUT2D eigenvalue weighted by molar-refractivity contribution is -0.139. The van der Waals surface area contributed by atoms with Crippen molar-refractivity contribution < 1.29 is 19.1 Å². The summed E-state index contributed by atoms with van der Waals surface area (Å²) in [7, 11) is 0. The van der Waals surface area contributed by atoms with E-state index in [-0.39, 0.29) is 11.3 Å². The summed E-state index contributed by atoms with van der Waals surface area (Å²) in [6.07, 6.45) is 1.49. The van der Waals surface area contributed by atoms with Gasteiger partial charge in [-0.3, -0.25) is 0 Å². The number of carbonyl (C=O) groups excluding carboxylic acids is 3. The quantitative estimate of drug-likeness (QED) is 0.416. The van der Waals surface area contributed by atoms with Crippen molar-refractivity contribution in [1.82, 2.24) is 5.32 Å². The minimum absolute atomic E-state index is 0.117. The topological polar surface area (TPSA) is 96.5 Å². The first kappa shape index (κ1) is 21.5. The average molecular weight is 431 g/mol. The highest BCUT2D eigenvalue weighted by Gasteiger charge is 2.27. The van der Waals surface area contributed by atoms with Crippen molar-refractivity contribution in [3.05, 3.63) is 71.3 Å². The number of para-hydroxylation sites is 1. The lowest BCUT2D eigenvalue weighted by atomic mass is 10.0. The van der Waals surface area contributed by atoms with Gasteiger partial charge in [-0.1, -0.05) is 42.5 Å². The highest BCUT2D eigenvalue weighted by atomic mass is 16.6. The summed E-state index contributed by atoms with van der Waals surface area (Å²) in [6, 6.07) is 15.5. The number of rotatable bonds is 4. The molecule has 3 N–H and O–H groups in total. The van der Waals surface area contributed by atoms with Gasteiger partial charge < -0.3 is 20.7 Å². The van der Waals surface area contributed by atoms with Gasteiger partial charge in [-0.25, -0.2) is 14.4 Å². The molecule has 1 saturated heterocycles. The fourth-order valence-corrected chi connectivity index (χ4v) is 3.89. The molecule has 7 nitrogen and oxygen atoms in total. The van der Waals surface area contributed by atoms with E-state index in [2.05, 4.69) is 16.0 Å². The predicted octanol–water partition coefficient (Wildman–Crippen LogP) is 4.54. The molecule has 7 heteroatoms. The number of fused-ring (bicyclic) bond motifs is 1. The van der Waals surface area contributed by atoms with E-state index in [9.17, 15) is 14.4 Å². The minimum Gasteiger partial charge on any atom is -0.388 e. The Kier molecular flexibility index (Phi) is 6.18. The second-order valence-electron chi connectivity index (χ2n) is 7.95. The third kappa shape index (κ3) is 4.63. The van der Waals surface area contributed by atoms with Crippen LogP contribution in [0.25, 0.3) is 10.8 Å². The van der Waals surface area contributed by atoms with Crippen LogP contribution in [-0.4, -0.2) is 30.6 Å². The zero-order valence-electron chi connectivity index (χ0n) is 18.0. The Balaban J connectivity index is 1.61. The van der Waals surface area contributed by atoms with Crippen molar-refractivity contribution in [3.8, 4) is 0 Å². The predicted molar refractivity (Wildman–Crippen MR) is 124 cm³/mol. The molecule has 2 amide bonds. The van der Waals surface area contributed by atoms with Crippen LogP contribution in [0.3, 0.4) is 0 Å². The summed E-state index contributed by atoms with van der Waals surface area (Å²) >= 11 is 0. The third-order valence-electron chi connectivity index (χ3n) is 5.61. The molecule has 0 aromatic heterocycles. The molecule has 4 rings (SSSR count). The molecule has 1 fully saturated rings. The SMILES string of the molecule is Cc1cccc(C)c1NC(=O)Nc1cc2ccccc2cc1C(=O)OC(=O)[C@@H]1CCCN1. The van der Waals surface area contributed by atoms with Crippen molar-refractivity contribution in [2.24, 2.45) is 0 Å². The molecule has 3 aromatic rings. The van der Waals surface area contributed by atoms with Crippen LogP contribution in [0.15, 0.2) is 54.6 Å². The number of hydrogen-bond donors (Lipinski definition) is 3. The Morgan fingerprint density at radius 2 is 1.62 bits per heavy atom. The number of urea groups is 1. The van der Waals surface area contributed by atoms with Crippen LogP contribution in [0, 0.1) is 13.8 Å². The van der Waals surface area contributed by atoms with Crippen molar-refractivity contribution in [2.75, 3.05) is 17.2 Å². The number of ether oxygens (including phenoxy) is 1. The molecule has 0 saturated carbocycles. The molecule has 3 aromatic carbocycles. The third-order valence-corrected chi connectivity index (χ3v) is 5.61. The summed E-state index contributed by atoms with van der Waals surface area (Å²) < 4.78 is 5.14. The van der Waals surface area contributed by atoms with Crippen LogP contribution in [0.1, 0.15) is 34.3 Å². The minimum atomic E-state index is -0.795. The number of nitrogens with one attached hydrogen (secondary N) is 3. The molecule has 1 heterocycles. The Labute approximate surface area is 186 Å². The molecular weight excluding hydrogens is 406 g/mol. The van der Waals surface area contributed by atoms with E-state index < -0.39 is 24.0 Å². The van der Waals surface area contributed by atoms with Crippen LogP contribution in [0.2, 0.25) is 0 Å². The van der Waals surface area contributed by atoms with Crippen molar-refractivity contribution in [2.45, 2.75) is 32.7 Å². The fraction of sp³-hybridized carbons (Fsp3) is 0.240. The molecule has 0 bridgehead atoms. The lowest BCUT2D eigenvalue weighted by Crippen LogP contribution is -2.34. The van der Waals surface area contributed by atoms with Gasteiger partial charge >= 0.3 is 18.0 Å². The number of esters is 2. The van der Waals surface area contributed by atoms with Gasteiger partial charge in [-0.2, -0.15) is 0 Å². The maximum absolute atomic E-state index is 12.9. The first-order valence-electron chi connectivity index (χ1n) is 10.6. The number of anilines is 2. The van der Waals surface area contributed by atoms with Gasteiger partial charge in [0.1, 0.15) is 6.04 Å². The number of benzene rings is 3. The zero-order chi connectivity index (χ0) is 22.7. The highest BCUT2D eigenvalue weighted by molar-refractivity contribution is 6.10. The largest absolute Gasteiger partial charge is 0.388 e. The molecule has 1 aliphatic heterocycles. The zero-order valence-corrected chi connectivity index (χ0v) is 18.0. The summed E-state index contributed by atoms with van der Waals surface area (Å²) in [4.78, 5) is 38.0. The van der Waals surface area contributed by atoms with Gasteiger partial charge in [0.25, 0.3) is 0 Å². The lowest BCUT2D eigenvalue weighted by Gasteiger charge is -2.15. The second kappa shape index (κ2) is 9.20. The monoisotopic (exact) mass is 431 g/mol. The Morgan fingerprint density at radius 3 is 2.28 bits per heavy atom. The van der Waals surface area contributed by atoms with E-state index in [1.165, 1.54) is 0 Å². The van der Waals surface area contributed by atoms with Crippen LogP contribution in [-0.2, 0) is 9.53 Å².